The SMILES string of the molecule is COc1cc(C(=O)/C=C/c2cnc3ccc(Br)cn23)ccc1OC(F)F. The third kappa shape index (κ3) is 3.91. The molecule has 2 aromatic heterocycles. The fourth-order valence-electron chi connectivity index (χ4n) is 2.37. The Morgan fingerprint density at radius 1 is 1.27 bits per heavy atom. The van der Waals surface area contributed by atoms with Gasteiger partial charge in [-0.15, -0.1) is 0 Å². The summed E-state index contributed by atoms with van der Waals surface area (Å²) in [7, 11) is 1.31. The highest BCUT2D eigenvalue weighted by molar-refractivity contribution is 9.10. The molecular weight excluding hydrogens is 410 g/mol. The fourth-order valence-corrected chi connectivity index (χ4v) is 2.71. The molecule has 0 unspecified atom stereocenters. The fraction of sp³-hybridized carbons (Fsp3) is 0.111. The van der Waals surface area contributed by atoms with Crippen LogP contribution in [0.3, 0.4) is 0 Å². The molecule has 0 atom stereocenters. The number of ether oxygens (including phenoxy) is 2. The Kier molecular flexibility index (Phi) is 5.32. The highest BCUT2D eigenvalue weighted by Crippen LogP contribution is 2.29. The van der Waals surface area contributed by atoms with E-state index in [4.69, 9.17) is 4.74 Å². The molecule has 0 amide bonds. The minimum atomic E-state index is -2.97. The van der Waals surface area contributed by atoms with Gasteiger partial charge in [-0.1, -0.05) is 0 Å². The zero-order valence-electron chi connectivity index (χ0n) is 13.5. The molecule has 3 rings (SSSR count). The first-order valence-electron chi connectivity index (χ1n) is 7.46. The van der Waals surface area contributed by atoms with Gasteiger partial charge in [-0.05, 0) is 58.4 Å². The molecule has 0 N–H and O–H groups in total. The van der Waals surface area contributed by atoms with E-state index in [1.165, 1.54) is 31.4 Å². The number of carbonyl (C=O) groups excluding carboxylic acids is 1. The molecule has 0 fully saturated rings. The molecule has 0 saturated heterocycles. The monoisotopic (exact) mass is 422 g/mol. The number of methoxy groups -OCH3 is 1. The zero-order valence-corrected chi connectivity index (χ0v) is 15.1. The van der Waals surface area contributed by atoms with E-state index in [0.717, 1.165) is 15.8 Å². The second kappa shape index (κ2) is 7.65. The number of nitrogens with zero attached hydrogens (tertiary/aromatic N) is 2. The van der Waals surface area contributed by atoms with Gasteiger partial charge in [0.1, 0.15) is 5.65 Å². The van der Waals surface area contributed by atoms with Crippen molar-refractivity contribution < 1.29 is 23.0 Å². The van der Waals surface area contributed by atoms with Crippen LogP contribution in [0.5, 0.6) is 11.5 Å². The van der Waals surface area contributed by atoms with Crippen molar-refractivity contribution in [3.63, 3.8) is 0 Å². The van der Waals surface area contributed by atoms with Gasteiger partial charge in [-0.25, -0.2) is 4.98 Å². The smallest absolute Gasteiger partial charge is 0.387 e. The summed E-state index contributed by atoms with van der Waals surface area (Å²) in [5.41, 5.74) is 1.75. The lowest BCUT2D eigenvalue weighted by Crippen LogP contribution is -2.04. The van der Waals surface area contributed by atoms with Crippen molar-refractivity contribution in [3.8, 4) is 11.5 Å². The van der Waals surface area contributed by atoms with E-state index >= 15 is 0 Å². The van der Waals surface area contributed by atoms with Crippen molar-refractivity contribution in [2.24, 2.45) is 0 Å². The minimum Gasteiger partial charge on any atom is -0.493 e. The molecular formula is C18H13BrF2N2O3. The van der Waals surface area contributed by atoms with Crippen LogP contribution >= 0.6 is 15.9 Å². The first kappa shape index (κ1) is 18.1. The Morgan fingerprint density at radius 3 is 2.81 bits per heavy atom. The second-order valence-corrected chi connectivity index (χ2v) is 6.12. The molecule has 1 aromatic carbocycles. The maximum atomic E-state index is 12.4. The summed E-state index contributed by atoms with van der Waals surface area (Å²) in [6.45, 7) is -2.97. The summed E-state index contributed by atoms with van der Waals surface area (Å²) in [4.78, 5) is 16.6. The lowest BCUT2D eigenvalue weighted by atomic mass is 10.1. The van der Waals surface area contributed by atoms with Crippen molar-refractivity contribution in [2.75, 3.05) is 7.11 Å². The Hall–Kier alpha value is -2.74. The molecule has 134 valence electrons. The average molecular weight is 423 g/mol. The molecule has 26 heavy (non-hydrogen) atoms. The Morgan fingerprint density at radius 2 is 2.08 bits per heavy atom. The zero-order chi connectivity index (χ0) is 18.7. The number of carbonyl (C=O) groups is 1. The third-order valence-corrected chi connectivity index (χ3v) is 4.04. The number of hydrogen-bond acceptors (Lipinski definition) is 4. The topological polar surface area (TPSA) is 52.8 Å². The number of fused-ring (bicyclic) bond motifs is 1. The molecule has 3 aromatic rings. The first-order valence-corrected chi connectivity index (χ1v) is 8.25. The van der Waals surface area contributed by atoms with E-state index < -0.39 is 6.61 Å². The van der Waals surface area contributed by atoms with Crippen LogP contribution in [0.2, 0.25) is 0 Å². The van der Waals surface area contributed by atoms with Crippen LogP contribution in [-0.4, -0.2) is 28.9 Å². The summed E-state index contributed by atoms with van der Waals surface area (Å²) in [6, 6.07) is 7.75. The van der Waals surface area contributed by atoms with E-state index in [-0.39, 0.29) is 22.8 Å². The van der Waals surface area contributed by atoms with Crippen LogP contribution in [0.25, 0.3) is 11.7 Å². The van der Waals surface area contributed by atoms with E-state index in [1.54, 1.807) is 12.3 Å². The number of hydrogen-bond donors (Lipinski definition) is 0. The largest absolute Gasteiger partial charge is 0.493 e. The number of ketones is 1. The average Bonchev–Trinajstić information content (AvgIpc) is 3.01. The van der Waals surface area contributed by atoms with Gasteiger partial charge in [0.05, 0.1) is 19.0 Å². The maximum Gasteiger partial charge on any atom is 0.387 e. The van der Waals surface area contributed by atoms with Gasteiger partial charge in [0.15, 0.2) is 17.3 Å². The Balaban J connectivity index is 1.85. The van der Waals surface area contributed by atoms with E-state index in [2.05, 4.69) is 25.7 Å². The molecule has 0 aliphatic heterocycles. The van der Waals surface area contributed by atoms with Crippen LogP contribution in [0.15, 0.2) is 53.3 Å². The van der Waals surface area contributed by atoms with Crippen LogP contribution in [0, 0.1) is 0 Å². The van der Waals surface area contributed by atoms with E-state index in [0.29, 0.717) is 0 Å². The van der Waals surface area contributed by atoms with Gasteiger partial charge in [0.25, 0.3) is 0 Å². The van der Waals surface area contributed by atoms with Crippen molar-refractivity contribution >= 4 is 33.4 Å². The van der Waals surface area contributed by atoms with E-state index in [1.807, 2.05) is 22.7 Å². The van der Waals surface area contributed by atoms with Crippen LogP contribution < -0.4 is 9.47 Å². The van der Waals surface area contributed by atoms with Gasteiger partial charge in [-0.3, -0.25) is 9.20 Å². The number of rotatable bonds is 6. The molecule has 5 nitrogen and oxygen atoms in total. The number of pyridine rings is 1. The van der Waals surface area contributed by atoms with Crippen molar-refractivity contribution in [2.45, 2.75) is 6.61 Å². The summed E-state index contributed by atoms with van der Waals surface area (Å²) < 4.78 is 36.8. The standard InChI is InChI=1S/C18H13BrF2N2O3/c1-25-16-8-11(2-6-15(16)26-18(20)21)14(24)5-4-13-9-22-17-7-3-12(19)10-23(13)17/h2-10,18H,1H3/b5-4+. The first-order chi connectivity index (χ1) is 12.5. The second-order valence-electron chi connectivity index (χ2n) is 5.20. The molecule has 0 aliphatic carbocycles. The van der Waals surface area contributed by atoms with Gasteiger partial charge in [0, 0.05) is 16.2 Å². The summed E-state index contributed by atoms with van der Waals surface area (Å²) in [6.07, 6.45) is 6.50. The maximum absolute atomic E-state index is 12.4. The van der Waals surface area contributed by atoms with Crippen molar-refractivity contribution in [1.29, 1.82) is 0 Å². The predicted octanol–water partition coefficient (Wildman–Crippen LogP) is 4.60. The normalized spacial score (nSPS) is 11.4. The number of halogens is 3. The number of aromatic nitrogens is 2. The van der Waals surface area contributed by atoms with Crippen molar-refractivity contribution in [1.82, 2.24) is 9.38 Å². The summed E-state index contributed by atoms with van der Waals surface area (Å²) in [5.74, 6) is -0.380. The highest BCUT2D eigenvalue weighted by atomic mass is 79.9. The van der Waals surface area contributed by atoms with Gasteiger partial charge in [-0.2, -0.15) is 8.78 Å². The molecule has 0 spiro atoms. The molecule has 2 heterocycles. The lowest BCUT2D eigenvalue weighted by Gasteiger charge is -2.10. The van der Waals surface area contributed by atoms with E-state index in [9.17, 15) is 13.6 Å². The lowest BCUT2D eigenvalue weighted by molar-refractivity contribution is -0.0512. The quantitative estimate of drug-likeness (QED) is 0.430. The molecule has 0 aliphatic rings. The molecule has 0 bridgehead atoms. The number of benzene rings is 1. The number of imidazole rings is 1. The minimum absolute atomic E-state index is 0.0586. The molecule has 0 saturated carbocycles. The summed E-state index contributed by atoms with van der Waals surface area (Å²) in [5, 5.41) is 0. The molecule has 8 heteroatoms. The number of alkyl halides is 2. The van der Waals surface area contributed by atoms with Crippen LogP contribution in [0.4, 0.5) is 8.78 Å². The number of allylic oxidation sites excluding steroid dienone is 1. The third-order valence-electron chi connectivity index (χ3n) is 3.57. The van der Waals surface area contributed by atoms with Crippen LogP contribution in [0.1, 0.15) is 16.1 Å². The Bertz CT molecular complexity index is 986. The Labute approximate surface area is 156 Å². The van der Waals surface area contributed by atoms with Gasteiger partial charge in [0.2, 0.25) is 0 Å². The predicted molar refractivity (Wildman–Crippen MR) is 95.9 cm³/mol. The molecule has 0 radical (unpaired) electrons. The van der Waals surface area contributed by atoms with Gasteiger partial charge < -0.3 is 9.47 Å². The van der Waals surface area contributed by atoms with Crippen molar-refractivity contribution in [3.05, 3.63) is 64.5 Å². The summed E-state index contributed by atoms with van der Waals surface area (Å²) >= 11 is 3.39. The highest BCUT2D eigenvalue weighted by Gasteiger charge is 2.13. The van der Waals surface area contributed by atoms with Gasteiger partial charge >= 0.3 is 6.61 Å². The van der Waals surface area contributed by atoms with Crippen LogP contribution in [-0.2, 0) is 0 Å².